The molecule has 0 unspecified atom stereocenters. The van der Waals surface area contributed by atoms with Gasteiger partial charge in [0.25, 0.3) is 0 Å². The van der Waals surface area contributed by atoms with Crippen molar-refractivity contribution in [2.75, 3.05) is 7.11 Å². The highest BCUT2D eigenvalue weighted by molar-refractivity contribution is 6.32. The van der Waals surface area contributed by atoms with Crippen molar-refractivity contribution < 1.29 is 26.7 Å². The number of hydrogen-bond donors (Lipinski definition) is 0. The highest BCUT2D eigenvalue weighted by Gasteiger charge is 2.33. The van der Waals surface area contributed by atoms with Crippen LogP contribution in [0.15, 0.2) is 11.1 Å². The van der Waals surface area contributed by atoms with E-state index in [9.17, 15) is 22.0 Å². The molecule has 0 spiro atoms. The van der Waals surface area contributed by atoms with Crippen LogP contribution in [0.1, 0.15) is 11.1 Å². The average Bonchev–Trinajstić information content (AvgIpc) is 2.28. The second kappa shape index (κ2) is 5.14. The molecule has 0 bridgehead atoms. The summed E-state index contributed by atoms with van der Waals surface area (Å²) in [6.07, 6.45) is -4.44. The van der Waals surface area contributed by atoms with Gasteiger partial charge < -0.3 is 4.74 Å². The van der Waals surface area contributed by atoms with E-state index in [2.05, 4.69) is 4.74 Å². The zero-order chi connectivity index (χ0) is 14.1. The van der Waals surface area contributed by atoms with E-state index in [1.54, 1.807) is 0 Å². The van der Waals surface area contributed by atoms with Crippen LogP contribution in [0.2, 0.25) is 0 Å². The minimum absolute atomic E-state index is 0.363. The van der Waals surface area contributed by atoms with Gasteiger partial charge >= 0.3 is 6.18 Å². The third kappa shape index (κ3) is 2.93. The van der Waals surface area contributed by atoms with Gasteiger partial charge in [-0.1, -0.05) is 11.6 Å². The van der Waals surface area contributed by atoms with E-state index in [0.717, 1.165) is 20.1 Å². The van der Waals surface area contributed by atoms with Crippen LogP contribution in [0, 0.1) is 18.6 Å². The van der Waals surface area contributed by atoms with Gasteiger partial charge in [0.2, 0.25) is 0 Å². The SMILES string of the molecule is COc1cc(F)c(C)c(F)c1C=C(Cl)C(F)(F)F. The molecule has 0 aliphatic carbocycles. The first-order valence-corrected chi connectivity index (χ1v) is 5.03. The predicted octanol–water partition coefficient (Wildman–Crippen LogP) is 4.42. The monoisotopic (exact) mass is 286 g/mol. The second-order valence-corrected chi connectivity index (χ2v) is 3.81. The van der Waals surface area contributed by atoms with Crippen LogP contribution < -0.4 is 4.74 Å². The van der Waals surface area contributed by atoms with Gasteiger partial charge in [-0.2, -0.15) is 13.2 Å². The lowest BCUT2D eigenvalue weighted by molar-refractivity contribution is -0.0836. The summed E-state index contributed by atoms with van der Waals surface area (Å²) in [7, 11) is 1.09. The van der Waals surface area contributed by atoms with E-state index >= 15 is 0 Å². The molecule has 0 amide bonds. The maximum absolute atomic E-state index is 13.7. The first-order chi connectivity index (χ1) is 8.18. The number of hydrogen-bond acceptors (Lipinski definition) is 1. The van der Waals surface area contributed by atoms with Gasteiger partial charge in [0.05, 0.1) is 12.7 Å². The summed E-state index contributed by atoms with van der Waals surface area (Å²) < 4.78 is 68.2. The maximum atomic E-state index is 13.7. The molecule has 1 aromatic carbocycles. The van der Waals surface area contributed by atoms with E-state index in [0.29, 0.717) is 6.08 Å². The molecule has 1 nitrogen and oxygen atoms in total. The van der Waals surface area contributed by atoms with E-state index in [1.807, 2.05) is 0 Å². The van der Waals surface area contributed by atoms with Crippen molar-refractivity contribution in [1.82, 2.24) is 0 Å². The lowest BCUT2D eigenvalue weighted by Gasteiger charge is -2.11. The minimum atomic E-state index is -4.80. The smallest absolute Gasteiger partial charge is 0.426 e. The van der Waals surface area contributed by atoms with Gasteiger partial charge in [0.15, 0.2) is 0 Å². The van der Waals surface area contributed by atoms with Gasteiger partial charge in [0, 0.05) is 11.6 Å². The summed E-state index contributed by atoms with van der Waals surface area (Å²) in [6, 6.07) is 0.796. The predicted molar refractivity (Wildman–Crippen MR) is 57.5 cm³/mol. The molecule has 0 radical (unpaired) electrons. The van der Waals surface area contributed by atoms with Crippen LogP contribution in [0.5, 0.6) is 5.75 Å². The second-order valence-electron chi connectivity index (χ2n) is 3.40. The van der Waals surface area contributed by atoms with Gasteiger partial charge in [0.1, 0.15) is 22.4 Å². The molecule has 1 rings (SSSR count). The minimum Gasteiger partial charge on any atom is -0.496 e. The van der Waals surface area contributed by atoms with Crippen LogP contribution in [-0.4, -0.2) is 13.3 Å². The van der Waals surface area contributed by atoms with Crippen molar-refractivity contribution in [3.63, 3.8) is 0 Å². The molecule has 1 aromatic rings. The van der Waals surface area contributed by atoms with Gasteiger partial charge in [-0.05, 0) is 13.0 Å². The third-order valence-electron chi connectivity index (χ3n) is 2.21. The molecule has 0 saturated heterocycles. The zero-order valence-corrected chi connectivity index (χ0v) is 10.1. The Balaban J connectivity index is 3.45. The first kappa shape index (κ1) is 14.8. The molecule has 7 heteroatoms. The summed E-state index contributed by atoms with van der Waals surface area (Å²) in [6.45, 7) is 1.10. The fraction of sp³-hybridized carbons (Fsp3) is 0.273. The van der Waals surface area contributed by atoms with Crippen LogP contribution in [0.3, 0.4) is 0 Å². The molecule has 0 heterocycles. The third-order valence-corrected chi connectivity index (χ3v) is 2.53. The first-order valence-electron chi connectivity index (χ1n) is 4.65. The number of benzene rings is 1. The quantitative estimate of drug-likeness (QED) is 0.731. The Morgan fingerprint density at radius 1 is 1.33 bits per heavy atom. The van der Waals surface area contributed by atoms with Crippen LogP contribution in [-0.2, 0) is 0 Å². The van der Waals surface area contributed by atoms with Crippen LogP contribution in [0.4, 0.5) is 22.0 Å². The van der Waals surface area contributed by atoms with Crippen molar-refractivity contribution in [2.45, 2.75) is 13.1 Å². The van der Waals surface area contributed by atoms with Crippen molar-refractivity contribution in [3.8, 4) is 5.75 Å². The molecule has 0 aliphatic heterocycles. The highest BCUT2D eigenvalue weighted by atomic mass is 35.5. The summed E-state index contributed by atoms with van der Waals surface area (Å²) in [5, 5.41) is -1.52. The Morgan fingerprint density at radius 2 is 1.89 bits per heavy atom. The lowest BCUT2D eigenvalue weighted by Crippen LogP contribution is -2.07. The molecule has 0 N–H and O–H groups in total. The number of rotatable bonds is 2. The lowest BCUT2D eigenvalue weighted by atomic mass is 10.1. The van der Waals surface area contributed by atoms with E-state index in [1.165, 1.54) is 0 Å². The Hall–Kier alpha value is -1.30. The molecule has 0 aliphatic rings. The van der Waals surface area contributed by atoms with Crippen molar-refractivity contribution in [3.05, 3.63) is 33.9 Å². The van der Waals surface area contributed by atoms with E-state index < -0.39 is 34.0 Å². The van der Waals surface area contributed by atoms with Crippen LogP contribution in [0.25, 0.3) is 6.08 Å². The molecule has 18 heavy (non-hydrogen) atoms. The van der Waals surface area contributed by atoms with Gasteiger partial charge in [-0.15, -0.1) is 0 Å². The Labute approximate surface area is 105 Å². The molecule has 0 atom stereocenters. The summed E-state index contributed by atoms with van der Waals surface area (Å²) in [4.78, 5) is 0. The topological polar surface area (TPSA) is 9.23 Å². The van der Waals surface area contributed by atoms with Crippen LogP contribution >= 0.6 is 11.6 Å². The summed E-state index contributed by atoms with van der Waals surface area (Å²) >= 11 is 5.00. The summed E-state index contributed by atoms with van der Waals surface area (Å²) in [5.74, 6) is -2.42. The maximum Gasteiger partial charge on any atom is 0.426 e. The molecular formula is C11H8ClF5O. The van der Waals surface area contributed by atoms with E-state index in [-0.39, 0.29) is 5.75 Å². The normalized spacial score (nSPS) is 12.8. The number of alkyl halides is 3. The average molecular weight is 287 g/mol. The Bertz CT molecular complexity index is 493. The zero-order valence-electron chi connectivity index (χ0n) is 9.33. The molecule has 0 fully saturated rings. The number of allylic oxidation sites excluding steroid dienone is 1. The standard InChI is InChI=1S/C11H8ClF5O/c1-5-7(13)4-8(18-2)6(10(5)14)3-9(12)11(15,16)17/h3-4H,1-2H3. The molecule has 100 valence electrons. The number of halogens is 6. The molecule has 0 aromatic heterocycles. The Kier molecular flexibility index (Phi) is 4.21. The van der Waals surface area contributed by atoms with Gasteiger partial charge in [-0.25, -0.2) is 8.78 Å². The highest BCUT2D eigenvalue weighted by Crippen LogP contribution is 2.34. The fourth-order valence-corrected chi connectivity index (χ4v) is 1.34. The van der Waals surface area contributed by atoms with Crippen molar-refractivity contribution in [1.29, 1.82) is 0 Å². The Morgan fingerprint density at radius 3 is 2.33 bits per heavy atom. The van der Waals surface area contributed by atoms with E-state index in [4.69, 9.17) is 11.6 Å². The molecular weight excluding hydrogens is 279 g/mol. The van der Waals surface area contributed by atoms with Gasteiger partial charge in [-0.3, -0.25) is 0 Å². The fourth-order valence-electron chi connectivity index (χ4n) is 1.23. The summed E-state index contributed by atoms with van der Waals surface area (Å²) in [5.41, 5.74) is -0.951. The number of ether oxygens (including phenoxy) is 1. The van der Waals surface area contributed by atoms with Crippen molar-refractivity contribution in [2.24, 2.45) is 0 Å². The number of methoxy groups -OCH3 is 1. The molecule has 0 saturated carbocycles. The largest absolute Gasteiger partial charge is 0.496 e. The van der Waals surface area contributed by atoms with Crippen molar-refractivity contribution >= 4 is 17.7 Å².